The lowest BCUT2D eigenvalue weighted by Gasteiger charge is -2.19. The maximum atomic E-state index is 12.4. The normalized spacial score (nSPS) is 20.5. The third kappa shape index (κ3) is 2.74. The SMILES string of the molecule is CN(C)C(=O)C1(C(=O)Nc2cc(C3CCCCC3)[nH]n2)CC1. The smallest absolute Gasteiger partial charge is 0.241 e. The largest absolute Gasteiger partial charge is 0.348 e. The van der Waals surface area contributed by atoms with Gasteiger partial charge in [0.25, 0.3) is 0 Å². The van der Waals surface area contributed by atoms with Crippen molar-refractivity contribution in [2.45, 2.75) is 50.9 Å². The number of carbonyl (C=O) groups excluding carboxylic acids is 2. The Morgan fingerprint density at radius 3 is 2.55 bits per heavy atom. The number of nitrogens with one attached hydrogen (secondary N) is 2. The Bertz CT molecular complexity index is 568. The average Bonchev–Trinajstić information content (AvgIpc) is 3.21. The van der Waals surface area contributed by atoms with Gasteiger partial charge in [0.05, 0.1) is 0 Å². The van der Waals surface area contributed by atoms with E-state index in [0.29, 0.717) is 24.6 Å². The van der Waals surface area contributed by atoms with Gasteiger partial charge in [0, 0.05) is 31.8 Å². The van der Waals surface area contributed by atoms with Crippen LogP contribution in [-0.4, -0.2) is 41.0 Å². The molecule has 0 spiro atoms. The molecule has 1 aromatic rings. The minimum Gasteiger partial charge on any atom is -0.348 e. The Balaban J connectivity index is 1.65. The van der Waals surface area contributed by atoms with E-state index in [1.54, 1.807) is 14.1 Å². The molecule has 0 unspecified atom stereocenters. The molecule has 2 aliphatic carbocycles. The molecular weight excluding hydrogens is 280 g/mol. The first-order chi connectivity index (χ1) is 10.5. The molecule has 6 nitrogen and oxygen atoms in total. The van der Waals surface area contributed by atoms with E-state index in [-0.39, 0.29) is 11.8 Å². The molecule has 22 heavy (non-hydrogen) atoms. The second kappa shape index (κ2) is 5.74. The van der Waals surface area contributed by atoms with E-state index in [4.69, 9.17) is 0 Å². The lowest BCUT2D eigenvalue weighted by atomic mass is 9.87. The molecule has 1 aromatic heterocycles. The molecule has 6 heteroatoms. The predicted molar refractivity (Wildman–Crippen MR) is 83.4 cm³/mol. The molecule has 2 amide bonds. The Kier molecular flexibility index (Phi) is 3.93. The quantitative estimate of drug-likeness (QED) is 0.838. The van der Waals surface area contributed by atoms with Gasteiger partial charge in [-0.25, -0.2) is 0 Å². The monoisotopic (exact) mass is 304 g/mol. The summed E-state index contributed by atoms with van der Waals surface area (Å²) in [6.07, 6.45) is 7.42. The molecule has 2 aliphatic rings. The van der Waals surface area contributed by atoms with E-state index in [0.717, 1.165) is 5.69 Å². The number of anilines is 1. The number of nitrogens with zero attached hydrogens (tertiary/aromatic N) is 2. The van der Waals surface area contributed by atoms with Crippen LogP contribution in [0.5, 0.6) is 0 Å². The van der Waals surface area contributed by atoms with Crippen LogP contribution in [0, 0.1) is 5.41 Å². The van der Waals surface area contributed by atoms with Crippen LogP contribution in [0.1, 0.15) is 56.6 Å². The molecule has 0 bridgehead atoms. The van der Waals surface area contributed by atoms with Crippen LogP contribution in [0.15, 0.2) is 6.07 Å². The summed E-state index contributed by atoms with van der Waals surface area (Å²) in [5.41, 5.74) is 0.228. The molecule has 1 heterocycles. The van der Waals surface area contributed by atoms with Crippen LogP contribution < -0.4 is 5.32 Å². The van der Waals surface area contributed by atoms with Gasteiger partial charge in [-0.15, -0.1) is 0 Å². The van der Waals surface area contributed by atoms with E-state index < -0.39 is 5.41 Å². The first kappa shape index (κ1) is 15.1. The molecule has 0 aliphatic heterocycles. The van der Waals surface area contributed by atoms with Crippen molar-refractivity contribution in [1.82, 2.24) is 15.1 Å². The van der Waals surface area contributed by atoms with E-state index in [2.05, 4.69) is 15.5 Å². The van der Waals surface area contributed by atoms with Gasteiger partial charge in [0.2, 0.25) is 11.8 Å². The van der Waals surface area contributed by atoms with Crippen molar-refractivity contribution < 1.29 is 9.59 Å². The minimum atomic E-state index is -0.868. The summed E-state index contributed by atoms with van der Waals surface area (Å²) < 4.78 is 0. The summed E-state index contributed by atoms with van der Waals surface area (Å²) in [5.74, 6) is 0.703. The molecule has 2 fully saturated rings. The number of hydrogen-bond donors (Lipinski definition) is 2. The van der Waals surface area contributed by atoms with Crippen molar-refractivity contribution in [3.63, 3.8) is 0 Å². The van der Waals surface area contributed by atoms with Gasteiger partial charge < -0.3 is 10.2 Å². The second-order valence-corrected chi connectivity index (χ2v) is 6.78. The topological polar surface area (TPSA) is 78.1 Å². The van der Waals surface area contributed by atoms with E-state index in [9.17, 15) is 9.59 Å². The van der Waals surface area contributed by atoms with E-state index >= 15 is 0 Å². The number of amides is 2. The predicted octanol–water partition coefficient (Wildman–Crippen LogP) is 2.26. The molecule has 0 saturated heterocycles. The first-order valence-corrected chi connectivity index (χ1v) is 8.11. The van der Waals surface area contributed by atoms with Crippen LogP contribution in [0.2, 0.25) is 0 Å². The van der Waals surface area contributed by atoms with Gasteiger partial charge >= 0.3 is 0 Å². The summed E-state index contributed by atoms with van der Waals surface area (Å²) >= 11 is 0. The Hall–Kier alpha value is -1.85. The molecule has 2 saturated carbocycles. The minimum absolute atomic E-state index is 0.118. The maximum Gasteiger partial charge on any atom is 0.241 e. The van der Waals surface area contributed by atoms with Crippen molar-refractivity contribution in [2.24, 2.45) is 5.41 Å². The van der Waals surface area contributed by atoms with E-state index in [1.165, 1.54) is 37.0 Å². The molecule has 0 radical (unpaired) electrons. The van der Waals surface area contributed by atoms with Crippen molar-refractivity contribution in [2.75, 3.05) is 19.4 Å². The summed E-state index contributed by atoms with van der Waals surface area (Å²) in [6, 6.07) is 1.92. The zero-order chi connectivity index (χ0) is 15.7. The van der Waals surface area contributed by atoms with Gasteiger partial charge in [-0.3, -0.25) is 14.7 Å². The summed E-state index contributed by atoms with van der Waals surface area (Å²) in [4.78, 5) is 26.1. The van der Waals surface area contributed by atoms with Crippen LogP contribution in [0.25, 0.3) is 0 Å². The highest BCUT2D eigenvalue weighted by molar-refractivity contribution is 6.12. The van der Waals surface area contributed by atoms with Gasteiger partial charge in [-0.05, 0) is 25.7 Å². The fourth-order valence-electron chi connectivity index (χ4n) is 3.35. The summed E-state index contributed by atoms with van der Waals surface area (Å²) in [5, 5.41) is 10.1. The standard InChI is InChI=1S/C16H24N4O2/c1-20(2)15(22)16(8-9-16)14(21)17-13-10-12(18-19-13)11-6-4-3-5-7-11/h10-11H,3-9H2,1-2H3,(H2,17,18,19,21). The van der Waals surface area contributed by atoms with Gasteiger partial charge in [-0.1, -0.05) is 19.3 Å². The summed E-state index contributed by atoms with van der Waals surface area (Å²) in [7, 11) is 3.37. The van der Waals surface area contributed by atoms with Crippen molar-refractivity contribution in [3.05, 3.63) is 11.8 Å². The lowest BCUT2D eigenvalue weighted by Crippen LogP contribution is -2.39. The molecule has 0 aromatic carbocycles. The zero-order valence-corrected chi connectivity index (χ0v) is 13.3. The van der Waals surface area contributed by atoms with Crippen molar-refractivity contribution >= 4 is 17.6 Å². The maximum absolute atomic E-state index is 12.4. The van der Waals surface area contributed by atoms with Crippen molar-refractivity contribution in [3.8, 4) is 0 Å². The Morgan fingerprint density at radius 1 is 1.27 bits per heavy atom. The van der Waals surface area contributed by atoms with Crippen LogP contribution in [0.3, 0.4) is 0 Å². The number of rotatable bonds is 4. The number of aromatic nitrogens is 2. The molecular formula is C16H24N4O2. The van der Waals surface area contributed by atoms with Gasteiger partial charge in [0.1, 0.15) is 5.41 Å². The van der Waals surface area contributed by atoms with Crippen LogP contribution in [-0.2, 0) is 9.59 Å². The third-order valence-corrected chi connectivity index (χ3v) is 4.88. The fourth-order valence-corrected chi connectivity index (χ4v) is 3.35. The highest BCUT2D eigenvalue weighted by Crippen LogP contribution is 2.47. The summed E-state index contributed by atoms with van der Waals surface area (Å²) in [6.45, 7) is 0. The van der Waals surface area contributed by atoms with Crippen LogP contribution in [0.4, 0.5) is 5.82 Å². The Morgan fingerprint density at radius 2 is 1.95 bits per heavy atom. The van der Waals surface area contributed by atoms with Gasteiger partial charge in [-0.2, -0.15) is 5.10 Å². The van der Waals surface area contributed by atoms with E-state index in [1.807, 2.05) is 6.07 Å². The number of hydrogen-bond acceptors (Lipinski definition) is 3. The van der Waals surface area contributed by atoms with Crippen LogP contribution >= 0.6 is 0 Å². The molecule has 2 N–H and O–H groups in total. The zero-order valence-electron chi connectivity index (χ0n) is 13.3. The lowest BCUT2D eigenvalue weighted by molar-refractivity contribution is -0.140. The first-order valence-electron chi connectivity index (χ1n) is 8.11. The number of aromatic amines is 1. The molecule has 0 atom stereocenters. The number of H-pyrrole nitrogens is 1. The fraction of sp³-hybridized carbons (Fsp3) is 0.688. The van der Waals surface area contributed by atoms with Gasteiger partial charge in [0.15, 0.2) is 5.82 Å². The number of carbonyl (C=O) groups is 2. The Labute approximate surface area is 130 Å². The molecule has 120 valence electrons. The second-order valence-electron chi connectivity index (χ2n) is 6.78. The highest BCUT2D eigenvalue weighted by Gasteiger charge is 2.57. The third-order valence-electron chi connectivity index (χ3n) is 4.88. The molecule has 3 rings (SSSR count). The highest BCUT2D eigenvalue weighted by atomic mass is 16.2. The average molecular weight is 304 g/mol. The van der Waals surface area contributed by atoms with Crippen molar-refractivity contribution in [1.29, 1.82) is 0 Å².